The van der Waals surface area contributed by atoms with Crippen molar-refractivity contribution in [1.29, 1.82) is 0 Å². The lowest BCUT2D eigenvalue weighted by Gasteiger charge is -2.39. The van der Waals surface area contributed by atoms with Gasteiger partial charge in [-0.05, 0) is 42.5 Å². The van der Waals surface area contributed by atoms with Crippen molar-refractivity contribution in [2.45, 2.75) is 31.0 Å². The summed E-state index contributed by atoms with van der Waals surface area (Å²) in [6, 6.07) is 12.6. The molecule has 28 heavy (non-hydrogen) atoms. The molecule has 148 valence electrons. The molecule has 2 aliphatic rings. The standard InChI is InChI=1S/C22H22F3NO2/c23-22(24,25)18-6-3-5-17(13-18)21(28)8-10-26(11-9-21)14-16-12-15-4-1-2-7-19(15)20(16)27/h1-7,13,16,28H,8-12,14H2. The van der Waals surface area contributed by atoms with E-state index in [1.54, 1.807) is 6.07 Å². The molecule has 0 saturated carbocycles. The zero-order valence-corrected chi connectivity index (χ0v) is 15.4. The minimum atomic E-state index is -4.43. The van der Waals surface area contributed by atoms with Gasteiger partial charge in [-0.25, -0.2) is 0 Å². The fourth-order valence-corrected chi connectivity index (χ4v) is 4.36. The molecule has 2 aromatic carbocycles. The van der Waals surface area contributed by atoms with Gasteiger partial charge in [-0.3, -0.25) is 4.79 Å². The van der Waals surface area contributed by atoms with Crippen molar-refractivity contribution < 1.29 is 23.1 Å². The molecule has 1 saturated heterocycles. The predicted octanol–water partition coefficient (Wildman–Crippen LogP) is 4.04. The predicted molar refractivity (Wildman–Crippen MR) is 99.0 cm³/mol. The van der Waals surface area contributed by atoms with Crippen molar-refractivity contribution >= 4 is 5.78 Å². The highest BCUT2D eigenvalue weighted by molar-refractivity contribution is 6.02. The van der Waals surface area contributed by atoms with E-state index in [9.17, 15) is 23.1 Å². The van der Waals surface area contributed by atoms with Gasteiger partial charge in [0, 0.05) is 31.1 Å². The fourth-order valence-electron chi connectivity index (χ4n) is 4.36. The lowest BCUT2D eigenvalue weighted by atomic mass is 9.83. The number of hydrogen-bond donors (Lipinski definition) is 1. The molecule has 0 amide bonds. The van der Waals surface area contributed by atoms with Gasteiger partial charge in [0.05, 0.1) is 11.2 Å². The van der Waals surface area contributed by atoms with Crippen LogP contribution >= 0.6 is 0 Å². The molecule has 0 bridgehead atoms. The number of Topliss-reactive ketones (excluding diaryl/α,β-unsaturated/α-hetero) is 1. The third-order valence-electron chi connectivity index (χ3n) is 6.01. The molecular weight excluding hydrogens is 367 g/mol. The van der Waals surface area contributed by atoms with Crippen LogP contribution in [-0.4, -0.2) is 35.4 Å². The van der Waals surface area contributed by atoms with Crippen molar-refractivity contribution in [2.24, 2.45) is 5.92 Å². The first-order valence-electron chi connectivity index (χ1n) is 9.51. The topological polar surface area (TPSA) is 40.5 Å². The number of alkyl halides is 3. The maximum Gasteiger partial charge on any atom is 0.416 e. The van der Waals surface area contributed by atoms with E-state index in [0.717, 1.165) is 29.7 Å². The maximum absolute atomic E-state index is 13.0. The summed E-state index contributed by atoms with van der Waals surface area (Å²) in [5.74, 6) is 0.0754. The van der Waals surface area contributed by atoms with Crippen LogP contribution < -0.4 is 0 Å². The van der Waals surface area contributed by atoms with Crippen LogP contribution in [0.25, 0.3) is 0 Å². The van der Waals surface area contributed by atoms with Crippen LogP contribution in [0.5, 0.6) is 0 Å². The van der Waals surface area contributed by atoms with Gasteiger partial charge in [0.15, 0.2) is 5.78 Å². The minimum absolute atomic E-state index is 0.0860. The molecule has 1 fully saturated rings. The van der Waals surface area contributed by atoms with Crippen LogP contribution in [0.3, 0.4) is 0 Å². The molecule has 0 radical (unpaired) electrons. The van der Waals surface area contributed by atoms with Gasteiger partial charge in [0.1, 0.15) is 0 Å². The van der Waals surface area contributed by atoms with E-state index in [1.807, 2.05) is 24.3 Å². The Balaban J connectivity index is 1.41. The van der Waals surface area contributed by atoms with Crippen molar-refractivity contribution in [3.63, 3.8) is 0 Å². The Hall–Kier alpha value is -2.18. The van der Waals surface area contributed by atoms with Crippen molar-refractivity contribution in [3.8, 4) is 0 Å². The number of hydrogen-bond acceptors (Lipinski definition) is 3. The SMILES string of the molecule is O=C1c2ccccc2CC1CN1CCC(O)(c2cccc(C(F)(F)F)c2)CC1. The molecule has 1 N–H and O–H groups in total. The second kappa shape index (κ2) is 7.01. The molecule has 0 aromatic heterocycles. The van der Waals surface area contributed by atoms with E-state index < -0.39 is 17.3 Å². The first-order chi connectivity index (χ1) is 13.3. The molecule has 1 unspecified atom stereocenters. The largest absolute Gasteiger partial charge is 0.416 e. The van der Waals surface area contributed by atoms with E-state index in [0.29, 0.717) is 38.0 Å². The quantitative estimate of drug-likeness (QED) is 0.861. The van der Waals surface area contributed by atoms with Gasteiger partial charge >= 0.3 is 6.18 Å². The molecule has 1 heterocycles. The zero-order chi connectivity index (χ0) is 19.9. The van der Waals surface area contributed by atoms with Crippen LogP contribution in [0.4, 0.5) is 13.2 Å². The molecule has 3 nitrogen and oxygen atoms in total. The van der Waals surface area contributed by atoms with Gasteiger partial charge in [-0.2, -0.15) is 13.2 Å². The molecule has 1 atom stereocenters. The Morgan fingerprint density at radius 1 is 1.07 bits per heavy atom. The number of fused-ring (bicyclic) bond motifs is 1. The molecule has 2 aromatic rings. The van der Waals surface area contributed by atoms with Gasteiger partial charge in [0.2, 0.25) is 0 Å². The number of piperidine rings is 1. The van der Waals surface area contributed by atoms with Crippen LogP contribution in [0.2, 0.25) is 0 Å². The number of rotatable bonds is 3. The third kappa shape index (κ3) is 3.59. The van der Waals surface area contributed by atoms with Gasteiger partial charge in [-0.1, -0.05) is 36.4 Å². The Bertz CT molecular complexity index is 885. The highest BCUT2D eigenvalue weighted by Crippen LogP contribution is 2.37. The summed E-state index contributed by atoms with van der Waals surface area (Å²) < 4.78 is 38.9. The normalized spacial score (nSPS) is 22.3. The van der Waals surface area contributed by atoms with E-state index in [2.05, 4.69) is 4.90 Å². The number of ketones is 1. The summed E-state index contributed by atoms with van der Waals surface area (Å²) in [6.07, 6.45) is -3.00. The molecular formula is C22H22F3NO2. The van der Waals surface area contributed by atoms with Crippen LogP contribution in [-0.2, 0) is 18.2 Å². The van der Waals surface area contributed by atoms with E-state index in [1.165, 1.54) is 6.07 Å². The Labute approximate surface area is 161 Å². The summed E-state index contributed by atoms with van der Waals surface area (Å²) in [4.78, 5) is 14.7. The summed E-state index contributed by atoms with van der Waals surface area (Å²) >= 11 is 0. The number of carbonyl (C=O) groups is 1. The first kappa shape index (κ1) is 19.2. The molecule has 1 aliphatic carbocycles. The maximum atomic E-state index is 13.0. The monoisotopic (exact) mass is 389 g/mol. The average Bonchev–Trinajstić information content (AvgIpc) is 2.99. The summed E-state index contributed by atoms with van der Waals surface area (Å²) in [7, 11) is 0. The number of benzene rings is 2. The molecule has 1 aliphatic heterocycles. The lowest BCUT2D eigenvalue weighted by molar-refractivity contribution is -0.137. The zero-order valence-electron chi connectivity index (χ0n) is 15.4. The number of nitrogens with zero attached hydrogens (tertiary/aromatic N) is 1. The summed E-state index contributed by atoms with van der Waals surface area (Å²) in [6.45, 7) is 1.71. The second-order valence-electron chi connectivity index (χ2n) is 7.83. The number of carbonyl (C=O) groups excluding carboxylic acids is 1. The Morgan fingerprint density at radius 2 is 1.79 bits per heavy atom. The Morgan fingerprint density at radius 3 is 2.46 bits per heavy atom. The van der Waals surface area contributed by atoms with Gasteiger partial charge < -0.3 is 10.0 Å². The fraction of sp³-hybridized carbons (Fsp3) is 0.409. The molecule has 6 heteroatoms. The highest BCUT2D eigenvalue weighted by atomic mass is 19.4. The highest BCUT2D eigenvalue weighted by Gasteiger charge is 2.38. The molecule has 4 rings (SSSR count). The summed E-state index contributed by atoms with van der Waals surface area (Å²) in [5, 5.41) is 10.9. The van der Waals surface area contributed by atoms with E-state index >= 15 is 0 Å². The van der Waals surface area contributed by atoms with Crippen LogP contribution in [0.15, 0.2) is 48.5 Å². The number of aliphatic hydroxyl groups is 1. The minimum Gasteiger partial charge on any atom is -0.385 e. The van der Waals surface area contributed by atoms with Crippen molar-refractivity contribution in [2.75, 3.05) is 19.6 Å². The smallest absolute Gasteiger partial charge is 0.385 e. The average molecular weight is 389 g/mol. The molecule has 0 spiro atoms. The van der Waals surface area contributed by atoms with Gasteiger partial charge in [0.25, 0.3) is 0 Å². The van der Waals surface area contributed by atoms with Crippen molar-refractivity contribution in [3.05, 3.63) is 70.8 Å². The second-order valence-corrected chi connectivity index (χ2v) is 7.83. The van der Waals surface area contributed by atoms with E-state index in [4.69, 9.17) is 0 Å². The van der Waals surface area contributed by atoms with Crippen LogP contribution in [0.1, 0.15) is 39.9 Å². The van der Waals surface area contributed by atoms with Crippen molar-refractivity contribution in [1.82, 2.24) is 4.90 Å². The number of likely N-dealkylation sites (tertiary alicyclic amines) is 1. The first-order valence-corrected chi connectivity index (χ1v) is 9.51. The lowest BCUT2D eigenvalue weighted by Crippen LogP contribution is -2.45. The summed E-state index contributed by atoms with van der Waals surface area (Å²) in [5.41, 5.74) is 0.182. The number of halogens is 3. The van der Waals surface area contributed by atoms with Crippen LogP contribution in [0, 0.1) is 5.92 Å². The van der Waals surface area contributed by atoms with E-state index in [-0.39, 0.29) is 11.7 Å². The van der Waals surface area contributed by atoms with Gasteiger partial charge in [-0.15, -0.1) is 0 Å². The third-order valence-corrected chi connectivity index (χ3v) is 6.01. The Kier molecular flexibility index (Phi) is 4.79.